The third kappa shape index (κ3) is 5.90. The molecule has 0 saturated carbocycles. The molecule has 0 spiro atoms. The Morgan fingerprint density at radius 1 is 1.21 bits per heavy atom. The molecule has 0 bridgehead atoms. The molecule has 0 unspecified atom stereocenters. The average molecular weight is 434 g/mol. The second-order valence-electron chi connectivity index (χ2n) is 6.86. The highest BCUT2D eigenvalue weighted by Crippen LogP contribution is 2.19. The van der Waals surface area contributed by atoms with E-state index in [1.165, 1.54) is 30.5 Å². The zero-order valence-electron chi connectivity index (χ0n) is 16.3. The largest absolute Gasteiger partial charge is 0.492 e. The Bertz CT molecular complexity index is 882. The number of rotatable bonds is 8. The van der Waals surface area contributed by atoms with Crippen LogP contribution in [-0.4, -0.2) is 77.9 Å². The van der Waals surface area contributed by atoms with Crippen molar-refractivity contribution in [2.75, 3.05) is 46.6 Å². The molecule has 0 aliphatic carbocycles. The number of nitrogens with zero attached hydrogens (tertiary/aromatic N) is 2. The van der Waals surface area contributed by atoms with E-state index in [1.54, 1.807) is 12.1 Å². The Balaban J connectivity index is 1.79. The Morgan fingerprint density at radius 2 is 1.86 bits per heavy atom. The summed E-state index contributed by atoms with van der Waals surface area (Å²) in [6, 6.07) is 6.04. The van der Waals surface area contributed by atoms with Gasteiger partial charge in [0.25, 0.3) is 0 Å². The van der Waals surface area contributed by atoms with E-state index >= 15 is 0 Å². The van der Waals surface area contributed by atoms with Gasteiger partial charge in [0.2, 0.25) is 26.0 Å². The van der Waals surface area contributed by atoms with Crippen LogP contribution in [0.3, 0.4) is 0 Å². The zero-order valence-corrected chi connectivity index (χ0v) is 17.9. The third-order valence-electron chi connectivity index (χ3n) is 4.50. The average Bonchev–Trinajstić information content (AvgIpc) is 2.64. The maximum atomic E-state index is 12.2. The quantitative estimate of drug-likeness (QED) is 0.582. The van der Waals surface area contributed by atoms with Gasteiger partial charge in [0.15, 0.2) is 0 Å². The zero-order chi connectivity index (χ0) is 20.9. The van der Waals surface area contributed by atoms with Crippen LogP contribution in [-0.2, 0) is 24.8 Å². The maximum Gasteiger partial charge on any atom is 0.242 e. The SMILES string of the molecule is CN(C)S(=O)(=O)c1ccc(OCCNC(=O)[C@H]2CCCN(S(C)(=O)=O)C2)cc1. The summed E-state index contributed by atoms with van der Waals surface area (Å²) in [5.74, 6) is -0.0590. The number of carbonyl (C=O) groups excluding carboxylic acids is 1. The summed E-state index contributed by atoms with van der Waals surface area (Å²) in [4.78, 5) is 12.4. The fraction of sp³-hybridized carbons (Fsp3) is 0.588. The summed E-state index contributed by atoms with van der Waals surface area (Å²) in [5, 5.41) is 2.76. The first-order chi connectivity index (χ1) is 13.0. The van der Waals surface area contributed by atoms with Gasteiger partial charge in [0.1, 0.15) is 12.4 Å². The van der Waals surface area contributed by atoms with Gasteiger partial charge < -0.3 is 10.1 Å². The number of hydrogen-bond donors (Lipinski definition) is 1. The van der Waals surface area contributed by atoms with Gasteiger partial charge >= 0.3 is 0 Å². The first-order valence-corrected chi connectivity index (χ1v) is 12.2. The van der Waals surface area contributed by atoms with Crippen LogP contribution >= 0.6 is 0 Å². The highest BCUT2D eigenvalue weighted by atomic mass is 32.2. The smallest absolute Gasteiger partial charge is 0.242 e. The van der Waals surface area contributed by atoms with Gasteiger partial charge in [-0.25, -0.2) is 25.4 Å². The van der Waals surface area contributed by atoms with Gasteiger partial charge in [0, 0.05) is 27.2 Å². The second kappa shape index (κ2) is 9.21. The van der Waals surface area contributed by atoms with Crippen LogP contribution in [0, 0.1) is 5.92 Å². The van der Waals surface area contributed by atoms with E-state index in [1.807, 2.05) is 0 Å². The molecular weight excluding hydrogens is 406 g/mol. The molecule has 1 aliphatic rings. The summed E-state index contributed by atoms with van der Waals surface area (Å²) in [7, 11) is -3.85. The van der Waals surface area contributed by atoms with Crippen molar-refractivity contribution in [3.63, 3.8) is 0 Å². The molecule has 1 aromatic rings. The van der Waals surface area contributed by atoms with Crippen molar-refractivity contribution >= 4 is 26.0 Å². The third-order valence-corrected chi connectivity index (χ3v) is 7.60. The normalized spacial score (nSPS) is 18.8. The van der Waals surface area contributed by atoms with Crippen LogP contribution in [0.4, 0.5) is 0 Å². The Labute approximate surface area is 166 Å². The topological polar surface area (TPSA) is 113 Å². The minimum atomic E-state index is -3.48. The summed E-state index contributed by atoms with van der Waals surface area (Å²) in [6.07, 6.45) is 2.46. The van der Waals surface area contributed by atoms with E-state index < -0.39 is 20.0 Å². The second-order valence-corrected chi connectivity index (χ2v) is 11.0. The Hall–Kier alpha value is -1.69. The number of nitrogens with one attached hydrogen (secondary N) is 1. The highest BCUT2D eigenvalue weighted by molar-refractivity contribution is 7.89. The number of benzene rings is 1. The lowest BCUT2D eigenvalue weighted by molar-refractivity contribution is -0.126. The lowest BCUT2D eigenvalue weighted by Crippen LogP contribution is -2.45. The van der Waals surface area contributed by atoms with Crippen LogP contribution in [0.5, 0.6) is 5.75 Å². The first kappa shape index (κ1) is 22.6. The molecule has 0 aromatic heterocycles. The number of piperidine rings is 1. The molecule has 9 nitrogen and oxygen atoms in total. The molecule has 158 valence electrons. The van der Waals surface area contributed by atoms with Crippen LogP contribution < -0.4 is 10.1 Å². The summed E-state index contributed by atoms with van der Waals surface area (Å²) in [5.41, 5.74) is 0. The van der Waals surface area contributed by atoms with Crippen molar-refractivity contribution < 1.29 is 26.4 Å². The summed E-state index contributed by atoms with van der Waals surface area (Å²) < 4.78 is 55.3. The van der Waals surface area contributed by atoms with Crippen LogP contribution in [0.25, 0.3) is 0 Å². The first-order valence-electron chi connectivity index (χ1n) is 8.90. The van der Waals surface area contributed by atoms with Crippen molar-refractivity contribution in [3.05, 3.63) is 24.3 Å². The van der Waals surface area contributed by atoms with Crippen molar-refractivity contribution in [1.29, 1.82) is 0 Å². The molecule has 1 aromatic carbocycles. The number of amides is 1. The van der Waals surface area contributed by atoms with Crippen LogP contribution in [0.1, 0.15) is 12.8 Å². The van der Waals surface area contributed by atoms with Crippen LogP contribution in [0.15, 0.2) is 29.2 Å². The van der Waals surface area contributed by atoms with Gasteiger partial charge in [-0.15, -0.1) is 0 Å². The molecule has 2 rings (SSSR count). The predicted molar refractivity (Wildman–Crippen MR) is 105 cm³/mol. The molecule has 1 fully saturated rings. The van der Waals surface area contributed by atoms with Crippen molar-refractivity contribution in [1.82, 2.24) is 13.9 Å². The summed E-state index contributed by atoms with van der Waals surface area (Å²) in [6.45, 7) is 1.14. The highest BCUT2D eigenvalue weighted by Gasteiger charge is 2.29. The van der Waals surface area contributed by atoms with Gasteiger partial charge in [-0.3, -0.25) is 4.79 Å². The maximum absolute atomic E-state index is 12.2. The fourth-order valence-electron chi connectivity index (χ4n) is 2.86. The minimum absolute atomic E-state index is 0.172. The number of sulfonamides is 2. The molecule has 1 N–H and O–H groups in total. The van der Waals surface area contributed by atoms with Crippen molar-refractivity contribution in [2.24, 2.45) is 5.92 Å². The van der Waals surface area contributed by atoms with E-state index in [9.17, 15) is 21.6 Å². The van der Waals surface area contributed by atoms with Gasteiger partial charge in [-0.2, -0.15) is 0 Å². The lowest BCUT2D eigenvalue weighted by atomic mass is 9.99. The Morgan fingerprint density at radius 3 is 2.43 bits per heavy atom. The van der Waals surface area contributed by atoms with E-state index in [2.05, 4.69) is 5.32 Å². The number of ether oxygens (including phenoxy) is 1. The van der Waals surface area contributed by atoms with Crippen LogP contribution in [0.2, 0.25) is 0 Å². The van der Waals surface area contributed by atoms with Gasteiger partial charge in [0.05, 0.1) is 23.6 Å². The monoisotopic (exact) mass is 433 g/mol. The molecular formula is C17H27N3O6S2. The van der Waals surface area contributed by atoms with Gasteiger partial charge in [-0.1, -0.05) is 0 Å². The molecule has 1 aliphatic heterocycles. The van der Waals surface area contributed by atoms with E-state index in [0.717, 1.165) is 10.6 Å². The molecule has 11 heteroatoms. The predicted octanol–water partition coefficient (Wildman–Crippen LogP) is 0.104. The summed E-state index contributed by atoms with van der Waals surface area (Å²) >= 11 is 0. The Kier molecular flexibility index (Phi) is 7.43. The van der Waals surface area contributed by atoms with E-state index in [0.29, 0.717) is 25.1 Å². The lowest BCUT2D eigenvalue weighted by Gasteiger charge is -2.30. The molecule has 1 amide bonds. The van der Waals surface area contributed by atoms with Crippen molar-refractivity contribution in [3.8, 4) is 5.75 Å². The molecule has 28 heavy (non-hydrogen) atoms. The molecule has 1 saturated heterocycles. The number of carbonyl (C=O) groups is 1. The van der Waals surface area contributed by atoms with E-state index in [-0.39, 0.29) is 36.4 Å². The van der Waals surface area contributed by atoms with E-state index in [4.69, 9.17) is 4.74 Å². The van der Waals surface area contributed by atoms with Gasteiger partial charge in [-0.05, 0) is 37.1 Å². The number of hydrogen-bond acceptors (Lipinski definition) is 6. The molecule has 1 atom stereocenters. The molecule has 1 heterocycles. The molecule has 0 radical (unpaired) electrons. The standard InChI is InChI=1S/C17H27N3O6S2/c1-19(2)28(24,25)16-8-6-15(7-9-16)26-12-10-18-17(21)14-5-4-11-20(13-14)27(3,22)23/h6-9,14H,4-5,10-13H2,1-3H3,(H,18,21)/t14-/m0/s1. The minimum Gasteiger partial charge on any atom is -0.492 e. The van der Waals surface area contributed by atoms with Crippen molar-refractivity contribution in [2.45, 2.75) is 17.7 Å². The fourth-order valence-corrected chi connectivity index (χ4v) is 4.68.